The second-order valence-electron chi connectivity index (χ2n) is 4.83. The number of rotatable bonds is 3. The Kier molecular flexibility index (Phi) is 3.17. The van der Waals surface area contributed by atoms with Crippen molar-refractivity contribution in [1.29, 1.82) is 0 Å². The summed E-state index contributed by atoms with van der Waals surface area (Å²) in [5.41, 5.74) is 2.41. The first-order valence-electron chi connectivity index (χ1n) is 6.54. The van der Waals surface area contributed by atoms with Gasteiger partial charge in [-0.3, -0.25) is 9.48 Å². The molecule has 0 amide bonds. The van der Waals surface area contributed by atoms with Crippen molar-refractivity contribution in [3.8, 4) is 5.82 Å². The van der Waals surface area contributed by atoms with Crippen molar-refractivity contribution in [2.24, 2.45) is 7.05 Å². The summed E-state index contributed by atoms with van der Waals surface area (Å²) in [7, 11) is 1.83. The first-order valence-corrected chi connectivity index (χ1v) is 6.54. The number of carbonyl (C=O) groups excluding carboxylic acids is 1. The van der Waals surface area contributed by atoms with Crippen molar-refractivity contribution in [3.63, 3.8) is 0 Å². The number of hydrogen-bond donors (Lipinski definition) is 0. The topological polar surface area (TPSA) is 39.8 Å². The number of carbonyl (C=O) groups is 1. The van der Waals surface area contributed by atoms with Crippen LogP contribution in [-0.2, 0) is 11.8 Å². The van der Waals surface area contributed by atoms with E-state index in [1.807, 2.05) is 30.8 Å². The Morgan fingerprint density at radius 2 is 2.10 bits per heavy atom. The first-order chi connectivity index (χ1) is 10.1. The van der Waals surface area contributed by atoms with Crippen molar-refractivity contribution in [2.45, 2.75) is 6.92 Å². The fourth-order valence-corrected chi connectivity index (χ4v) is 2.56. The Bertz CT molecular complexity index is 858. The lowest BCUT2D eigenvalue weighted by Gasteiger charge is -2.07. The summed E-state index contributed by atoms with van der Waals surface area (Å²) in [6, 6.07) is 6.59. The van der Waals surface area contributed by atoms with Gasteiger partial charge in [-0.15, -0.1) is 0 Å². The Labute approximate surface area is 121 Å². The van der Waals surface area contributed by atoms with E-state index in [2.05, 4.69) is 5.10 Å². The molecule has 1 aromatic carbocycles. The molecule has 0 aliphatic rings. The molecule has 5 heteroatoms. The molecule has 0 bridgehead atoms. The summed E-state index contributed by atoms with van der Waals surface area (Å²) in [6.45, 7) is 1.88. The van der Waals surface area contributed by atoms with E-state index < -0.39 is 0 Å². The largest absolute Gasteiger partial charge is 0.301 e. The van der Waals surface area contributed by atoms with Crippen LogP contribution in [0.25, 0.3) is 22.8 Å². The standard InChI is InChI=1S/C16H14FN3O/c1-11-14(4-3-9-21)16(19(2)18-11)20-8-7-12-5-6-13(17)10-15(12)20/h3-10H,1-2H3/b4-3+. The molecule has 0 radical (unpaired) electrons. The number of aromatic nitrogens is 3. The molecule has 0 N–H and O–H groups in total. The Morgan fingerprint density at radius 1 is 1.29 bits per heavy atom. The highest BCUT2D eigenvalue weighted by molar-refractivity contribution is 5.83. The Balaban J connectivity index is 2.30. The molecule has 3 aromatic rings. The van der Waals surface area contributed by atoms with E-state index >= 15 is 0 Å². The molecule has 3 rings (SSSR count). The highest BCUT2D eigenvalue weighted by Gasteiger charge is 2.14. The molecule has 0 aliphatic heterocycles. The van der Waals surface area contributed by atoms with Gasteiger partial charge >= 0.3 is 0 Å². The molecule has 106 valence electrons. The predicted octanol–water partition coefficient (Wildman–Crippen LogP) is 3.02. The van der Waals surface area contributed by atoms with Crippen LogP contribution in [0.5, 0.6) is 0 Å². The molecule has 0 unspecified atom stereocenters. The van der Waals surface area contributed by atoms with Gasteiger partial charge in [-0.1, -0.05) is 0 Å². The van der Waals surface area contributed by atoms with Crippen LogP contribution < -0.4 is 0 Å². The van der Waals surface area contributed by atoms with Gasteiger partial charge in [0.2, 0.25) is 0 Å². The lowest BCUT2D eigenvalue weighted by atomic mass is 10.2. The average Bonchev–Trinajstić information content (AvgIpc) is 2.97. The number of nitrogens with zero attached hydrogens (tertiary/aromatic N) is 3. The van der Waals surface area contributed by atoms with E-state index in [1.54, 1.807) is 16.8 Å². The summed E-state index contributed by atoms with van der Waals surface area (Å²) < 4.78 is 17.1. The van der Waals surface area contributed by atoms with Gasteiger partial charge in [0.1, 0.15) is 17.9 Å². The van der Waals surface area contributed by atoms with E-state index in [-0.39, 0.29) is 5.82 Å². The number of fused-ring (bicyclic) bond motifs is 1. The normalized spacial score (nSPS) is 11.6. The van der Waals surface area contributed by atoms with Gasteiger partial charge in [0.05, 0.1) is 11.2 Å². The van der Waals surface area contributed by atoms with Crippen LogP contribution in [0, 0.1) is 12.7 Å². The van der Waals surface area contributed by atoms with Crippen LogP contribution >= 0.6 is 0 Å². The van der Waals surface area contributed by atoms with E-state index in [1.165, 1.54) is 18.2 Å². The molecule has 2 heterocycles. The maximum atomic E-state index is 13.5. The second-order valence-corrected chi connectivity index (χ2v) is 4.83. The SMILES string of the molecule is Cc1nn(C)c(-n2ccc3ccc(F)cc32)c1/C=C/C=O. The molecule has 21 heavy (non-hydrogen) atoms. The van der Waals surface area contributed by atoms with Gasteiger partial charge in [-0.05, 0) is 43.3 Å². The number of benzene rings is 1. The van der Waals surface area contributed by atoms with Crippen LogP contribution in [-0.4, -0.2) is 20.6 Å². The molecule has 0 atom stereocenters. The van der Waals surface area contributed by atoms with Crippen LogP contribution in [0.1, 0.15) is 11.3 Å². The van der Waals surface area contributed by atoms with Crippen LogP contribution in [0.3, 0.4) is 0 Å². The van der Waals surface area contributed by atoms with Gasteiger partial charge in [-0.2, -0.15) is 5.10 Å². The molecule has 4 nitrogen and oxygen atoms in total. The van der Waals surface area contributed by atoms with E-state index in [0.717, 1.165) is 34.3 Å². The minimum Gasteiger partial charge on any atom is -0.301 e. The number of allylic oxidation sites excluding steroid dienone is 1. The third kappa shape index (κ3) is 2.16. The van der Waals surface area contributed by atoms with E-state index in [4.69, 9.17) is 0 Å². The average molecular weight is 283 g/mol. The summed E-state index contributed by atoms with van der Waals surface area (Å²) in [6.07, 6.45) is 5.75. The van der Waals surface area contributed by atoms with E-state index in [9.17, 15) is 9.18 Å². The molecule has 0 fully saturated rings. The van der Waals surface area contributed by atoms with Crippen molar-refractivity contribution in [2.75, 3.05) is 0 Å². The number of halogens is 1. The number of aryl methyl sites for hydroxylation is 2. The van der Waals surface area contributed by atoms with Crippen LogP contribution in [0.2, 0.25) is 0 Å². The lowest BCUT2D eigenvalue weighted by Crippen LogP contribution is -2.03. The molecule has 0 aliphatic carbocycles. The minimum absolute atomic E-state index is 0.286. The molecule has 0 saturated heterocycles. The predicted molar refractivity (Wildman–Crippen MR) is 79.8 cm³/mol. The first kappa shape index (κ1) is 13.3. The third-order valence-corrected chi connectivity index (χ3v) is 3.46. The van der Waals surface area contributed by atoms with Gasteiger partial charge in [0, 0.05) is 24.2 Å². The van der Waals surface area contributed by atoms with Gasteiger partial charge in [0.25, 0.3) is 0 Å². The van der Waals surface area contributed by atoms with Gasteiger partial charge in [-0.25, -0.2) is 4.39 Å². The fourth-order valence-electron chi connectivity index (χ4n) is 2.56. The van der Waals surface area contributed by atoms with Crippen LogP contribution in [0.4, 0.5) is 4.39 Å². The number of aldehydes is 1. The summed E-state index contributed by atoms with van der Waals surface area (Å²) in [5.74, 6) is 0.512. The zero-order valence-electron chi connectivity index (χ0n) is 11.7. The van der Waals surface area contributed by atoms with Crippen molar-refractivity contribution in [1.82, 2.24) is 14.3 Å². The molecular weight excluding hydrogens is 269 g/mol. The fraction of sp³-hybridized carbons (Fsp3) is 0.125. The second kappa shape index (κ2) is 5.01. The molecule has 0 spiro atoms. The number of hydrogen-bond acceptors (Lipinski definition) is 2. The zero-order chi connectivity index (χ0) is 15.0. The van der Waals surface area contributed by atoms with Crippen molar-refractivity contribution in [3.05, 3.63) is 53.6 Å². The quantitative estimate of drug-likeness (QED) is 0.547. The molecule has 0 saturated carbocycles. The Hall–Kier alpha value is -2.69. The Morgan fingerprint density at radius 3 is 2.86 bits per heavy atom. The monoisotopic (exact) mass is 283 g/mol. The summed E-state index contributed by atoms with van der Waals surface area (Å²) in [4.78, 5) is 10.6. The highest BCUT2D eigenvalue weighted by atomic mass is 19.1. The molecule has 2 aromatic heterocycles. The van der Waals surface area contributed by atoms with Crippen LogP contribution in [0.15, 0.2) is 36.5 Å². The van der Waals surface area contributed by atoms with Gasteiger partial charge in [0.15, 0.2) is 0 Å². The van der Waals surface area contributed by atoms with Crippen molar-refractivity contribution < 1.29 is 9.18 Å². The highest BCUT2D eigenvalue weighted by Crippen LogP contribution is 2.25. The lowest BCUT2D eigenvalue weighted by molar-refractivity contribution is -0.104. The summed E-state index contributed by atoms with van der Waals surface area (Å²) in [5, 5.41) is 5.33. The van der Waals surface area contributed by atoms with Crippen molar-refractivity contribution >= 4 is 23.3 Å². The smallest absolute Gasteiger partial charge is 0.142 e. The maximum Gasteiger partial charge on any atom is 0.142 e. The zero-order valence-corrected chi connectivity index (χ0v) is 11.7. The summed E-state index contributed by atoms with van der Waals surface area (Å²) >= 11 is 0. The van der Waals surface area contributed by atoms with E-state index in [0.29, 0.717) is 0 Å². The minimum atomic E-state index is -0.286. The van der Waals surface area contributed by atoms with Gasteiger partial charge < -0.3 is 4.57 Å². The molecular formula is C16H14FN3O. The maximum absolute atomic E-state index is 13.5. The third-order valence-electron chi connectivity index (χ3n) is 3.46.